The van der Waals surface area contributed by atoms with Crippen molar-refractivity contribution in [3.63, 3.8) is 0 Å². The number of benzene rings is 3. The van der Waals surface area contributed by atoms with Gasteiger partial charge in [-0.05, 0) is 55.0 Å². The number of halogens is 1. The van der Waals surface area contributed by atoms with Gasteiger partial charge in [0.2, 0.25) is 0 Å². The van der Waals surface area contributed by atoms with Crippen molar-refractivity contribution < 1.29 is 23.5 Å². The summed E-state index contributed by atoms with van der Waals surface area (Å²) in [6.45, 7) is 2.37. The zero-order valence-corrected chi connectivity index (χ0v) is 17.6. The fourth-order valence-electron chi connectivity index (χ4n) is 3.50. The lowest BCUT2D eigenvalue weighted by atomic mass is 10.0. The SMILES string of the molecule is CCOc1cccc(NC2=C(c3ccc(OC)cc3)C(=O)N(c3cccc(F)c3)C2=O)c1. The van der Waals surface area contributed by atoms with Gasteiger partial charge in [0, 0.05) is 11.8 Å². The van der Waals surface area contributed by atoms with Gasteiger partial charge in [-0.1, -0.05) is 24.3 Å². The minimum Gasteiger partial charge on any atom is -0.497 e. The Balaban J connectivity index is 1.79. The van der Waals surface area contributed by atoms with E-state index in [9.17, 15) is 14.0 Å². The number of hydrogen-bond acceptors (Lipinski definition) is 5. The predicted octanol–water partition coefficient (Wildman–Crippen LogP) is 4.63. The van der Waals surface area contributed by atoms with E-state index in [1.54, 1.807) is 55.6 Å². The zero-order chi connectivity index (χ0) is 22.7. The lowest BCUT2D eigenvalue weighted by Gasteiger charge is -2.15. The largest absolute Gasteiger partial charge is 0.497 e. The van der Waals surface area contributed by atoms with Gasteiger partial charge in [-0.15, -0.1) is 0 Å². The van der Waals surface area contributed by atoms with Crippen molar-refractivity contribution in [2.24, 2.45) is 0 Å². The van der Waals surface area contributed by atoms with Crippen molar-refractivity contribution in [3.8, 4) is 11.5 Å². The maximum Gasteiger partial charge on any atom is 0.282 e. The molecular weight excluding hydrogens is 411 g/mol. The van der Waals surface area contributed by atoms with Crippen LogP contribution in [0.25, 0.3) is 5.57 Å². The van der Waals surface area contributed by atoms with Crippen LogP contribution in [0.15, 0.2) is 78.5 Å². The minimum absolute atomic E-state index is 0.0954. The first-order valence-electron chi connectivity index (χ1n) is 10.0. The Hall–Kier alpha value is -4.13. The molecule has 3 aromatic rings. The van der Waals surface area contributed by atoms with Gasteiger partial charge in [0.15, 0.2) is 0 Å². The van der Waals surface area contributed by atoms with Gasteiger partial charge < -0.3 is 14.8 Å². The second kappa shape index (κ2) is 8.93. The molecule has 0 aliphatic carbocycles. The average molecular weight is 432 g/mol. The Kier molecular flexibility index (Phi) is 5.89. The van der Waals surface area contributed by atoms with Crippen LogP contribution < -0.4 is 19.7 Å². The fraction of sp³-hybridized carbons (Fsp3) is 0.120. The molecule has 0 saturated carbocycles. The van der Waals surface area contributed by atoms with Crippen molar-refractivity contribution in [2.45, 2.75) is 6.92 Å². The maximum atomic E-state index is 13.8. The smallest absolute Gasteiger partial charge is 0.282 e. The summed E-state index contributed by atoms with van der Waals surface area (Å²) in [4.78, 5) is 27.7. The van der Waals surface area contributed by atoms with E-state index in [4.69, 9.17) is 9.47 Å². The third kappa shape index (κ3) is 4.05. The van der Waals surface area contributed by atoms with Gasteiger partial charge >= 0.3 is 0 Å². The Morgan fingerprint density at radius 1 is 0.906 bits per heavy atom. The summed E-state index contributed by atoms with van der Waals surface area (Å²) in [7, 11) is 1.54. The molecule has 1 heterocycles. The van der Waals surface area contributed by atoms with E-state index in [1.807, 2.05) is 6.92 Å². The van der Waals surface area contributed by atoms with E-state index in [1.165, 1.54) is 18.2 Å². The number of methoxy groups -OCH3 is 1. The quantitative estimate of drug-likeness (QED) is 0.552. The molecule has 0 aromatic heterocycles. The highest BCUT2D eigenvalue weighted by Crippen LogP contribution is 2.35. The van der Waals surface area contributed by atoms with Crippen molar-refractivity contribution in [1.82, 2.24) is 0 Å². The molecule has 0 fully saturated rings. The number of rotatable bonds is 7. The highest BCUT2D eigenvalue weighted by Gasteiger charge is 2.40. The van der Waals surface area contributed by atoms with Crippen LogP contribution in [-0.2, 0) is 9.59 Å². The van der Waals surface area contributed by atoms with Gasteiger partial charge in [0.1, 0.15) is 23.0 Å². The molecule has 0 radical (unpaired) electrons. The number of hydrogen-bond donors (Lipinski definition) is 1. The molecule has 0 unspecified atom stereocenters. The van der Waals surface area contributed by atoms with Gasteiger partial charge in [-0.2, -0.15) is 0 Å². The first kappa shape index (κ1) is 21.1. The number of imide groups is 1. The summed E-state index contributed by atoms with van der Waals surface area (Å²) >= 11 is 0. The van der Waals surface area contributed by atoms with Gasteiger partial charge in [-0.25, -0.2) is 9.29 Å². The number of carbonyl (C=O) groups excluding carboxylic acids is 2. The summed E-state index contributed by atoms with van der Waals surface area (Å²) < 4.78 is 24.6. The van der Waals surface area contributed by atoms with Crippen molar-refractivity contribution >= 4 is 28.8 Å². The molecular formula is C25H21FN2O4. The minimum atomic E-state index is -0.576. The highest BCUT2D eigenvalue weighted by molar-refractivity contribution is 6.46. The zero-order valence-electron chi connectivity index (χ0n) is 17.6. The van der Waals surface area contributed by atoms with E-state index < -0.39 is 17.6 Å². The summed E-state index contributed by atoms with van der Waals surface area (Å²) in [5, 5.41) is 3.07. The average Bonchev–Trinajstić information content (AvgIpc) is 3.03. The lowest BCUT2D eigenvalue weighted by Crippen LogP contribution is -2.32. The molecule has 1 aliphatic rings. The molecule has 3 aromatic carbocycles. The molecule has 4 rings (SSSR count). The van der Waals surface area contributed by atoms with Crippen LogP contribution in [0.2, 0.25) is 0 Å². The Bertz CT molecular complexity index is 1200. The summed E-state index contributed by atoms with van der Waals surface area (Å²) in [5.74, 6) is -0.419. The molecule has 7 heteroatoms. The molecule has 6 nitrogen and oxygen atoms in total. The number of nitrogens with one attached hydrogen (secondary N) is 1. The second-order valence-corrected chi connectivity index (χ2v) is 6.99. The number of carbonyl (C=O) groups is 2. The number of anilines is 2. The van der Waals surface area contributed by atoms with Gasteiger partial charge in [0.05, 0.1) is 25.0 Å². The molecule has 0 saturated heterocycles. The van der Waals surface area contributed by atoms with Gasteiger partial charge in [0.25, 0.3) is 11.8 Å². The normalized spacial score (nSPS) is 13.5. The molecule has 1 N–H and O–H groups in total. The molecule has 162 valence electrons. The third-order valence-corrected chi connectivity index (χ3v) is 4.94. The second-order valence-electron chi connectivity index (χ2n) is 6.99. The topological polar surface area (TPSA) is 67.9 Å². The fourth-order valence-corrected chi connectivity index (χ4v) is 3.50. The Morgan fingerprint density at radius 2 is 1.66 bits per heavy atom. The lowest BCUT2D eigenvalue weighted by molar-refractivity contribution is -0.120. The molecule has 0 bridgehead atoms. The number of ether oxygens (including phenoxy) is 2. The first-order valence-corrected chi connectivity index (χ1v) is 10.0. The van der Waals surface area contributed by atoms with E-state index >= 15 is 0 Å². The van der Waals surface area contributed by atoms with E-state index in [-0.39, 0.29) is 17.0 Å². The Morgan fingerprint density at radius 3 is 2.34 bits per heavy atom. The standard InChI is InChI=1S/C25H21FN2O4/c1-3-32-21-9-5-7-18(15-21)27-23-22(16-10-12-20(31-2)13-11-16)24(29)28(25(23)30)19-8-4-6-17(26)14-19/h4-15,27H,3H2,1-2H3. The summed E-state index contributed by atoms with van der Waals surface area (Å²) in [5.41, 5.74) is 1.55. The van der Waals surface area contributed by atoms with Gasteiger partial charge in [-0.3, -0.25) is 9.59 Å². The van der Waals surface area contributed by atoms with Crippen LogP contribution in [0, 0.1) is 5.82 Å². The van der Waals surface area contributed by atoms with E-state index in [0.29, 0.717) is 29.4 Å². The van der Waals surface area contributed by atoms with E-state index in [2.05, 4.69) is 5.32 Å². The molecule has 2 amide bonds. The molecule has 1 aliphatic heterocycles. The predicted molar refractivity (Wildman–Crippen MR) is 120 cm³/mol. The van der Waals surface area contributed by atoms with E-state index in [0.717, 1.165) is 11.0 Å². The summed E-state index contributed by atoms with van der Waals surface area (Å²) in [6.07, 6.45) is 0. The van der Waals surface area contributed by atoms with Crippen LogP contribution >= 0.6 is 0 Å². The monoisotopic (exact) mass is 432 g/mol. The maximum absolute atomic E-state index is 13.8. The number of nitrogens with zero attached hydrogens (tertiary/aromatic N) is 1. The molecule has 32 heavy (non-hydrogen) atoms. The third-order valence-electron chi connectivity index (χ3n) is 4.94. The Labute approximate surface area is 184 Å². The number of amides is 2. The molecule has 0 atom stereocenters. The van der Waals surface area contributed by atoms with Crippen molar-refractivity contribution in [1.29, 1.82) is 0 Å². The highest BCUT2D eigenvalue weighted by atomic mass is 19.1. The molecule has 0 spiro atoms. The van der Waals surface area contributed by atoms with Crippen LogP contribution in [0.5, 0.6) is 11.5 Å². The van der Waals surface area contributed by atoms with Crippen molar-refractivity contribution in [3.05, 3.63) is 89.9 Å². The first-order chi connectivity index (χ1) is 15.5. The van der Waals surface area contributed by atoms with Crippen molar-refractivity contribution in [2.75, 3.05) is 23.9 Å². The van der Waals surface area contributed by atoms with Crippen LogP contribution in [0.4, 0.5) is 15.8 Å². The van der Waals surface area contributed by atoms with Crippen LogP contribution in [0.1, 0.15) is 12.5 Å². The summed E-state index contributed by atoms with van der Waals surface area (Å²) in [6, 6.07) is 19.3. The van der Waals surface area contributed by atoms with Crippen LogP contribution in [-0.4, -0.2) is 25.5 Å². The van der Waals surface area contributed by atoms with Crippen LogP contribution in [0.3, 0.4) is 0 Å².